The highest BCUT2D eigenvalue weighted by atomic mass is 32.2. The van der Waals surface area contributed by atoms with Gasteiger partial charge in [-0.25, -0.2) is 0 Å². The van der Waals surface area contributed by atoms with E-state index >= 15 is 0 Å². The standard InChI is InChI=1S/C24H32N2O2S/c1-18-11-9-10-14-21(18)16-29-17-22(27)26(15-20-12-7-6-8-13-20)19(2)23(28)25-24(3,4)5/h6-14,19H,15-17H2,1-5H3,(H,25,28)/t19-/m1/s1. The largest absolute Gasteiger partial charge is 0.350 e. The van der Waals surface area contributed by atoms with Gasteiger partial charge in [-0.3, -0.25) is 9.59 Å². The minimum atomic E-state index is -0.541. The van der Waals surface area contributed by atoms with Crippen LogP contribution in [-0.4, -0.2) is 34.0 Å². The van der Waals surface area contributed by atoms with Gasteiger partial charge in [0.15, 0.2) is 0 Å². The number of nitrogens with one attached hydrogen (secondary N) is 1. The first-order chi connectivity index (χ1) is 13.7. The molecule has 0 unspecified atom stereocenters. The second-order valence-electron chi connectivity index (χ2n) is 8.34. The zero-order valence-corrected chi connectivity index (χ0v) is 18.9. The molecule has 0 saturated heterocycles. The number of hydrogen-bond donors (Lipinski definition) is 1. The van der Waals surface area contributed by atoms with E-state index < -0.39 is 6.04 Å². The second-order valence-corrected chi connectivity index (χ2v) is 9.33. The molecule has 0 bridgehead atoms. The maximum absolute atomic E-state index is 13.1. The summed E-state index contributed by atoms with van der Waals surface area (Å²) in [4.78, 5) is 27.5. The fourth-order valence-corrected chi connectivity index (χ4v) is 3.93. The van der Waals surface area contributed by atoms with Crippen molar-refractivity contribution >= 4 is 23.6 Å². The van der Waals surface area contributed by atoms with Crippen LogP contribution in [0.4, 0.5) is 0 Å². The topological polar surface area (TPSA) is 49.4 Å². The molecule has 5 heteroatoms. The SMILES string of the molecule is Cc1ccccc1CSCC(=O)N(Cc1ccccc1)[C@H](C)C(=O)NC(C)(C)C. The van der Waals surface area contributed by atoms with Crippen LogP contribution >= 0.6 is 11.8 Å². The Kier molecular flexibility index (Phi) is 8.32. The van der Waals surface area contributed by atoms with Crippen molar-refractivity contribution in [1.29, 1.82) is 0 Å². The summed E-state index contributed by atoms with van der Waals surface area (Å²) in [5, 5.41) is 2.99. The number of nitrogens with zero attached hydrogens (tertiary/aromatic N) is 1. The summed E-state index contributed by atoms with van der Waals surface area (Å²) in [7, 11) is 0. The molecule has 4 nitrogen and oxygen atoms in total. The number of benzene rings is 2. The van der Waals surface area contributed by atoms with Gasteiger partial charge < -0.3 is 10.2 Å². The summed E-state index contributed by atoms with van der Waals surface area (Å²) in [6, 6.07) is 17.5. The summed E-state index contributed by atoms with van der Waals surface area (Å²) >= 11 is 1.59. The molecule has 0 saturated carbocycles. The number of carbonyl (C=O) groups excluding carboxylic acids is 2. The molecule has 0 aliphatic carbocycles. The summed E-state index contributed by atoms with van der Waals surface area (Å²) in [5.74, 6) is 0.962. The predicted molar refractivity (Wildman–Crippen MR) is 122 cm³/mol. The highest BCUT2D eigenvalue weighted by molar-refractivity contribution is 7.99. The van der Waals surface area contributed by atoms with Crippen molar-refractivity contribution in [2.75, 3.05) is 5.75 Å². The average molecular weight is 413 g/mol. The van der Waals surface area contributed by atoms with Gasteiger partial charge in [-0.05, 0) is 51.3 Å². The van der Waals surface area contributed by atoms with E-state index in [2.05, 4.69) is 24.4 Å². The highest BCUT2D eigenvalue weighted by Gasteiger charge is 2.28. The minimum absolute atomic E-state index is 0.0241. The van der Waals surface area contributed by atoms with Crippen LogP contribution in [0.5, 0.6) is 0 Å². The van der Waals surface area contributed by atoms with Gasteiger partial charge in [-0.15, -0.1) is 11.8 Å². The Morgan fingerprint density at radius 2 is 1.66 bits per heavy atom. The number of aryl methyl sites for hydroxylation is 1. The van der Waals surface area contributed by atoms with E-state index in [0.717, 1.165) is 11.3 Å². The van der Waals surface area contributed by atoms with Gasteiger partial charge in [0.2, 0.25) is 11.8 Å². The monoisotopic (exact) mass is 412 g/mol. The van der Waals surface area contributed by atoms with Crippen LogP contribution < -0.4 is 5.32 Å². The Morgan fingerprint density at radius 1 is 1.03 bits per heavy atom. The normalized spacial score (nSPS) is 12.3. The first kappa shape index (κ1) is 23.0. The number of hydrogen-bond acceptors (Lipinski definition) is 3. The van der Waals surface area contributed by atoms with Crippen LogP contribution in [0.1, 0.15) is 44.4 Å². The summed E-state index contributed by atoms with van der Waals surface area (Å²) < 4.78 is 0. The summed E-state index contributed by atoms with van der Waals surface area (Å²) in [6.07, 6.45) is 0. The van der Waals surface area contributed by atoms with E-state index in [1.54, 1.807) is 23.6 Å². The molecule has 0 heterocycles. The van der Waals surface area contributed by atoms with Crippen LogP contribution in [0.2, 0.25) is 0 Å². The predicted octanol–water partition coefficient (Wildman–Crippen LogP) is 4.56. The fraction of sp³-hybridized carbons (Fsp3) is 0.417. The molecule has 0 radical (unpaired) electrons. The van der Waals surface area contributed by atoms with Gasteiger partial charge in [0.25, 0.3) is 0 Å². The van der Waals surface area contributed by atoms with Gasteiger partial charge >= 0.3 is 0 Å². The lowest BCUT2D eigenvalue weighted by Crippen LogP contribution is -2.52. The summed E-state index contributed by atoms with van der Waals surface area (Å²) in [6.45, 7) is 10.1. The lowest BCUT2D eigenvalue weighted by molar-refractivity contribution is -0.139. The van der Waals surface area contributed by atoms with Crippen LogP contribution in [0.3, 0.4) is 0 Å². The van der Waals surface area contributed by atoms with E-state index in [4.69, 9.17) is 0 Å². The quantitative estimate of drug-likeness (QED) is 0.691. The zero-order chi connectivity index (χ0) is 21.4. The van der Waals surface area contributed by atoms with Gasteiger partial charge in [0.1, 0.15) is 6.04 Å². The Labute approximate surface area is 179 Å². The lowest BCUT2D eigenvalue weighted by Gasteiger charge is -2.31. The maximum Gasteiger partial charge on any atom is 0.242 e. The molecule has 0 aromatic heterocycles. The van der Waals surface area contributed by atoms with Crippen LogP contribution in [0.15, 0.2) is 54.6 Å². The van der Waals surface area contributed by atoms with Crippen LogP contribution in [-0.2, 0) is 21.9 Å². The Balaban J connectivity index is 2.07. The van der Waals surface area contributed by atoms with E-state index in [1.807, 2.05) is 63.2 Å². The lowest BCUT2D eigenvalue weighted by atomic mass is 10.1. The number of thioether (sulfide) groups is 1. The third-order valence-electron chi connectivity index (χ3n) is 4.61. The summed E-state index contributed by atoms with van der Waals surface area (Å²) in [5.41, 5.74) is 3.14. The van der Waals surface area contributed by atoms with Gasteiger partial charge in [-0.1, -0.05) is 54.6 Å². The fourth-order valence-electron chi connectivity index (χ4n) is 2.94. The van der Waals surface area contributed by atoms with Crippen molar-refractivity contribution in [2.24, 2.45) is 0 Å². The van der Waals surface area contributed by atoms with Crippen LogP contribution in [0.25, 0.3) is 0 Å². The molecular weight excluding hydrogens is 380 g/mol. The van der Waals surface area contributed by atoms with Crippen molar-refractivity contribution in [3.05, 3.63) is 71.3 Å². The number of rotatable bonds is 8. The number of amides is 2. The smallest absolute Gasteiger partial charge is 0.242 e. The van der Waals surface area contributed by atoms with E-state index in [1.165, 1.54) is 11.1 Å². The molecule has 2 aromatic rings. The Morgan fingerprint density at radius 3 is 2.28 bits per heavy atom. The molecule has 156 valence electrons. The zero-order valence-electron chi connectivity index (χ0n) is 18.1. The van der Waals surface area contributed by atoms with Gasteiger partial charge in [0.05, 0.1) is 5.75 Å². The first-order valence-electron chi connectivity index (χ1n) is 9.95. The van der Waals surface area contributed by atoms with E-state index in [0.29, 0.717) is 12.3 Å². The molecule has 29 heavy (non-hydrogen) atoms. The minimum Gasteiger partial charge on any atom is -0.350 e. The van der Waals surface area contributed by atoms with Crippen molar-refractivity contribution in [1.82, 2.24) is 10.2 Å². The highest BCUT2D eigenvalue weighted by Crippen LogP contribution is 2.18. The average Bonchev–Trinajstić information content (AvgIpc) is 2.66. The second kappa shape index (κ2) is 10.5. The third kappa shape index (κ3) is 7.58. The molecule has 2 rings (SSSR count). The molecule has 2 amide bonds. The molecule has 0 fully saturated rings. The molecular formula is C24H32N2O2S. The molecule has 0 aliphatic heterocycles. The molecule has 1 N–H and O–H groups in total. The first-order valence-corrected chi connectivity index (χ1v) is 11.1. The third-order valence-corrected chi connectivity index (χ3v) is 5.57. The van der Waals surface area contributed by atoms with Crippen molar-refractivity contribution in [2.45, 2.75) is 58.5 Å². The van der Waals surface area contributed by atoms with Gasteiger partial charge in [0, 0.05) is 17.8 Å². The maximum atomic E-state index is 13.1. The van der Waals surface area contributed by atoms with E-state index in [-0.39, 0.29) is 17.4 Å². The van der Waals surface area contributed by atoms with Crippen molar-refractivity contribution in [3.63, 3.8) is 0 Å². The molecule has 0 spiro atoms. The van der Waals surface area contributed by atoms with Crippen molar-refractivity contribution in [3.8, 4) is 0 Å². The molecule has 1 atom stereocenters. The Bertz CT molecular complexity index is 815. The van der Waals surface area contributed by atoms with Crippen LogP contribution in [0, 0.1) is 6.92 Å². The molecule has 2 aromatic carbocycles. The molecule has 0 aliphatic rings. The van der Waals surface area contributed by atoms with E-state index in [9.17, 15) is 9.59 Å². The van der Waals surface area contributed by atoms with Crippen molar-refractivity contribution < 1.29 is 9.59 Å². The number of carbonyl (C=O) groups is 2. The Hall–Kier alpha value is -2.27. The van der Waals surface area contributed by atoms with Gasteiger partial charge in [-0.2, -0.15) is 0 Å².